The van der Waals surface area contributed by atoms with Crippen LogP contribution in [0.25, 0.3) is 22.3 Å². The van der Waals surface area contributed by atoms with E-state index >= 15 is 0 Å². The Morgan fingerprint density at radius 3 is 1.33 bits per heavy atom. The number of ether oxygens (including phenoxy) is 6. The van der Waals surface area contributed by atoms with Crippen LogP contribution >= 0.6 is 0 Å². The third-order valence-electron chi connectivity index (χ3n) is 7.70. The van der Waals surface area contributed by atoms with Gasteiger partial charge in [0.05, 0.1) is 37.6 Å². The first-order chi connectivity index (χ1) is 25.5. The zero-order valence-electron chi connectivity index (χ0n) is 29.4. The van der Waals surface area contributed by atoms with Crippen molar-refractivity contribution in [3.05, 3.63) is 157 Å². The summed E-state index contributed by atoms with van der Waals surface area (Å²) in [5.41, 5.74) is 4.61. The van der Waals surface area contributed by atoms with Gasteiger partial charge in [0.1, 0.15) is 35.5 Å². The van der Waals surface area contributed by atoms with Gasteiger partial charge in [-0.05, 0) is 49.2 Å². The summed E-state index contributed by atoms with van der Waals surface area (Å²) in [6.07, 6.45) is 3.84. The molecule has 0 fully saturated rings. The van der Waals surface area contributed by atoms with Gasteiger partial charge in [-0.3, -0.25) is 0 Å². The molecule has 266 valence electrons. The number of benzene rings is 5. The van der Waals surface area contributed by atoms with E-state index in [0.29, 0.717) is 60.2 Å². The van der Waals surface area contributed by atoms with Crippen LogP contribution in [0.5, 0.6) is 23.0 Å². The highest BCUT2D eigenvalue weighted by Gasteiger charge is 2.11. The molecule has 0 saturated carbocycles. The lowest BCUT2D eigenvalue weighted by atomic mass is 10.1. The normalized spacial score (nSPS) is 11.3. The van der Waals surface area contributed by atoms with E-state index in [0.717, 1.165) is 22.3 Å². The van der Waals surface area contributed by atoms with Crippen molar-refractivity contribution < 1.29 is 38.0 Å². The molecule has 0 aliphatic heterocycles. The minimum atomic E-state index is -0.456. The Hall–Kier alpha value is -6.28. The van der Waals surface area contributed by atoms with Gasteiger partial charge in [-0.1, -0.05) is 103 Å². The molecule has 0 aliphatic rings. The molecule has 0 N–H and O–H groups in total. The third-order valence-corrected chi connectivity index (χ3v) is 7.70. The Bertz CT molecular complexity index is 1810. The minimum Gasteiger partial charge on any atom is -0.493 e. The largest absolute Gasteiger partial charge is 0.493 e. The van der Waals surface area contributed by atoms with Crippen LogP contribution in [0.2, 0.25) is 0 Å². The molecule has 0 spiro atoms. The molecule has 52 heavy (non-hydrogen) atoms. The van der Waals surface area contributed by atoms with Crippen LogP contribution in [0.4, 0.5) is 0 Å². The van der Waals surface area contributed by atoms with Crippen molar-refractivity contribution in [1.82, 2.24) is 0 Å². The summed E-state index contributed by atoms with van der Waals surface area (Å²) in [5, 5.41) is 0. The van der Waals surface area contributed by atoms with Gasteiger partial charge in [0.2, 0.25) is 0 Å². The highest BCUT2D eigenvalue weighted by atomic mass is 16.5. The van der Waals surface area contributed by atoms with E-state index in [-0.39, 0.29) is 13.2 Å². The fraction of sp³-hybridized carbons (Fsp3) is 0.182. The minimum absolute atomic E-state index is 0.196. The molecule has 0 unspecified atom stereocenters. The lowest BCUT2D eigenvalue weighted by molar-refractivity contribution is -0.140. The van der Waals surface area contributed by atoms with Crippen molar-refractivity contribution in [2.45, 2.75) is 26.7 Å². The Morgan fingerprint density at radius 2 is 0.885 bits per heavy atom. The Balaban J connectivity index is 0.963. The zero-order chi connectivity index (χ0) is 36.4. The van der Waals surface area contributed by atoms with E-state index < -0.39 is 11.9 Å². The topological polar surface area (TPSA) is 89.5 Å². The van der Waals surface area contributed by atoms with Crippen LogP contribution in [-0.2, 0) is 19.1 Å². The van der Waals surface area contributed by atoms with Crippen molar-refractivity contribution in [2.24, 2.45) is 0 Å². The Labute approximate surface area is 304 Å². The van der Waals surface area contributed by atoms with E-state index in [1.165, 1.54) is 12.5 Å². The molecular weight excluding hydrogens is 656 g/mol. The fourth-order valence-electron chi connectivity index (χ4n) is 4.96. The Kier molecular flexibility index (Phi) is 14.1. The summed E-state index contributed by atoms with van der Waals surface area (Å²) in [6.45, 7) is 4.40. The molecular formula is C44H42O8. The van der Waals surface area contributed by atoms with Crippen LogP contribution < -0.4 is 18.9 Å². The number of para-hydroxylation sites is 2. The summed E-state index contributed by atoms with van der Waals surface area (Å²) >= 11 is 0. The smallest absolute Gasteiger partial charge is 0.336 e. The number of carbonyl (C=O) groups is 2. The van der Waals surface area contributed by atoms with Crippen LogP contribution in [-0.4, -0.2) is 38.4 Å². The van der Waals surface area contributed by atoms with Crippen molar-refractivity contribution in [3.63, 3.8) is 0 Å². The highest BCUT2D eigenvalue weighted by molar-refractivity contribution is 5.88. The molecule has 0 radical (unpaired) electrons. The van der Waals surface area contributed by atoms with Crippen molar-refractivity contribution in [3.8, 4) is 45.3 Å². The molecule has 0 bridgehead atoms. The van der Waals surface area contributed by atoms with Gasteiger partial charge >= 0.3 is 11.9 Å². The van der Waals surface area contributed by atoms with Gasteiger partial charge in [-0.2, -0.15) is 0 Å². The predicted molar refractivity (Wildman–Crippen MR) is 201 cm³/mol. The molecule has 8 nitrogen and oxygen atoms in total. The SMILES string of the molecule is CC(=COc1ccccc1-c1ccccc1)C(=O)OCCCOc1cccc(OCCCOC(=O)C(C)=COc2ccccc2-c2ccccc2)c1. The fourth-order valence-corrected chi connectivity index (χ4v) is 4.96. The van der Waals surface area contributed by atoms with Crippen molar-refractivity contribution in [2.75, 3.05) is 26.4 Å². The van der Waals surface area contributed by atoms with Gasteiger partial charge in [0, 0.05) is 30.0 Å². The Morgan fingerprint density at radius 1 is 0.481 bits per heavy atom. The van der Waals surface area contributed by atoms with E-state index in [9.17, 15) is 9.59 Å². The molecule has 5 aromatic carbocycles. The summed E-state index contributed by atoms with van der Waals surface area (Å²) < 4.78 is 34.1. The average Bonchev–Trinajstić information content (AvgIpc) is 3.19. The molecule has 0 aliphatic carbocycles. The van der Waals surface area contributed by atoms with E-state index in [1.54, 1.807) is 19.9 Å². The monoisotopic (exact) mass is 698 g/mol. The number of hydrogen-bond donors (Lipinski definition) is 0. The van der Waals surface area contributed by atoms with Crippen LogP contribution in [0, 0.1) is 0 Å². The highest BCUT2D eigenvalue weighted by Crippen LogP contribution is 2.31. The van der Waals surface area contributed by atoms with Gasteiger partial charge in [-0.25, -0.2) is 9.59 Å². The molecule has 5 aromatic rings. The van der Waals surface area contributed by atoms with Gasteiger partial charge < -0.3 is 28.4 Å². The second-order valence-corrected chi connectivity index (χ2v) is 11.7. The summed E-state index contributed by atoms with van der Waals surface area (Å²) in [7, 11) is 0. The molecule has 0 amide bonds. The number of esters is 2. The van der Waals surface area contributed by atoms with Crippen LogP contribution in [0.1, 0.15) is 26.7 Å². The van der Waals surface area contributed by atoms with Gasteiger partial charge in [-0.15, -0.1) is 0 Å². The number of hydrogen-bond acceptors (Lipinski definition) is 8. The standard InChI is InChI=1S/C44H42O8/c1-33(31-51-41-24-11-9-22-39(41)35-16-5-3-6-17-35)43(45)49-28-14-26-47-37-20-13-21-38(30-37)48-27-15-29-50-44(46)34(2)32-52-42-25-12-10-23-40(42)36-18-7-4-8-19-36/h3-13,16-25,30-32H,14-15,26-29H2,1-2H3. The summed E-state index contributed by atoms with van der Waals surface area (Å²) in [4.78, 5) is 25.0. The molecule has 0 saturated heterocycles. The molecule has 0 atom stereocenters. The maximum atomic E-state index is 12.5. The molecule has 5 rings (SSSR count). The second-order valence-electron chi connectivity index (χ2n) is 11.7. The van der Waals surface area contributed by atoms with Gasteiger partial charge in [0.25, 0.3) is 0 Å². The average molecular weight is 699 g/mol. The number of carbonyl (C=O) groups excluding carboxylic acids is 2. The molecule has 0 heterocycles. The lowest BCUT2D eigenvalue weighted by Gasteiger charge is -2.11. The van der Waals surface area contributed by atoms with Crippen LogP contribution in [0.3, 0.4) is 0 Å². The van der Waals surface area contributed by atoms with Gasteiger partial charge in [0.15, 0.2) is 0 Å². The zero-order valence-corrected chi connectivity index (χ0v) is 29.4. The summed E-state index contributed by atoms with van der Waals surface area (Å²) in [6, 6.07) is 42.4. The number of rotatable bonds is 18. The first kappa shape index (κ1) is 37.0. The van der Waals surface area contributed by atoms with Crippen molar-refractivity contribution >= 4 is 11.9 Å². The van der Waals surface area contributed by atoms with E-state index in [4.69, 9.17) is 28.4 Å². The second kappa shape index (κ2) is 19.8. The van der Waals surface area contributed by atoms with Crippen LogP contribution in [0.15, 0.2) is 157 Å². The first-order valence-electron chi connectivity index (χ1n) is 17.1. The summed E-state index contributed by atoms with van der Waals surface area (Å²) in [5.74, 6) is 1.65. The maximum Gasteiger partial charge on any atom is 0.336 e. The quantitative estimate of drug-likeness (QED) is 0.0387. The first-order valence-corrected chi connectivity index (χ1v) is 17.1. The lowest BCUT2D eigenvalue weighted by Crippen LogP contribution is -2.11. The van der Waals surface area contributed by atoms with E-state index in [1.807, 2.05) is 127 Å². The predicted octanol–water partition coefficient (Wildman–Crippen LogP) is 9.61. The molecule has 8 heteroatoms. The molecule has 0 aromatic heterocycles. The third kappa shape index (κ3) is 11.4. The van der Waals surface area contributed by atoms with E-state index in [2.05, 4.69) is 0 Å². The maximum absolute atomic E-state index is 12.5. The van der Waals surface area contributed by atoms with Crippen molar-refractivity contribution in [1.29, 1.82) is 0 Å².